The van der Waals surface area contributed by atoms with Gasteiger partial charge in [-0.1, -0.05) is 25.3 Å². The van der Waals surface area contributed by atoms with Crippen LogP contribution in [0.1, 0.15) is 44.2 Å². The van der Waals surface area contributed by atoms with Crippen LogP contribution in [0.5, 0.6) is 0 Å². The molecule has 0 saturated heterocycles. The summed E-state index contributed by atoms with van der Waals surface area (Å²) in [4.78, 5) is 10.9. The van der Waals surface area contributed by atoms with Gasteiger partial charge in [-0.05, 0) is 31.4 Å². The Kier molecular flexibility index (Phi) is 11.6. The number of aromatic nitrogens is 1. The molecule has 0 atom stereocenters. The van der Waals surface area contributed by atoms with E-state index < -0.39 is 0 Å². The van der Waals surface area contributed by atoms with E-state index in [1.54, 1.807) is 7.05 Å². The number of anilines is 1. The van der Waals surface area contributed by atoms with Crippen LogP contribution in [-0.2, 0) is 11.3 Å². The van der Waals surface area contributed by atoms with Crippen molar-refractivity contribution in [2.75, 3.05) is 39.2 Å². The predicted octanol–water partition coefficient (Wildman–Crippen LogP) is 3.17. The molecular weight excluding hydrogens is 441 g/mol. The summed E-state index contributed by atoms with van der Waals surface area (Å²) in [6, 6.07) is 6.05. The fourth-order valence-corrected chi connectivity index (χ4v) is 2.97. The molecule has 1 fully saturated rings. The van der Waals surface area contributed by atoms with Gasteiger partial charge in [-0.2, -0.15) is 0 Å². The Labute approximate surface area is 175 Å². The van der Waals surface area contributed by atoms with Gasteiger partial charge in [-0.3, -0.25) is 4.99 Å². The number of rotatable bonds is 8. The van der Waals surface area contributed by atoms with Crippen molar-refractivity contribution in [1.29, 1.82) is 0 Å². The summed E-state index contributed by atoms with van der Waals surface area (Å²) in [6.45, 7) is 2.33. The van der Waals surface area contributed by atoms with Crippen molar-refractivity contribution in [3.05, 3.63) is 23.9 Å². The second-order valence-corrected chi connectivity index (χ2v) is 6.72. The van der Waals surface area contributed by atoms with Gasteiger partial charge < -0.3 is 20.3 Å². The lowest BCUT2D eigenvalue weighted by molar-refractivity contribution is 0.0277. The van der Waals surface area contributed by atoms with Gasteiger partial charge >= 0.3 is 0 Å². The monoisotopic (exact) mass is 475 g/mol. The van der Waals surface area contributed by atoms with Crippen LogP contribution in [0, 0.1) is 0 Å². The lowest BCUT2D eigenvalue weighted by Crippen LogP contribution is -2.37. The molecule has 1 aliphatic rings. The first-order chi connectivity index (χ1) is 12.2. The van der Waals surface area contributed by atoms with Crippen LogP contribution < -0.4 is 15.5 Å². The summed E-state index contributed by atoms with van der Waals surface area (Å²) in [7, 11) is 5.78. The van der Waals surface area contributed by atoms with Gasteiger partial charge in [-0.25, -0.2) is 4.98 Å². The number of pyridine rings is 1. The first kappa shape index (κ1) is 23.0. The molecule has 6 nitrogen and oxygen atoms in total. The molecule has 0 aliphatic heterocycles. The third-order valence-electron chi connectivity index (χ3n) is 4.43. The highest BCUT2D eigenvalue weighted by Gasteiger charge is 2.12. The van der Waals surface area contributed by atoms with Crippen LogP contribution in [0.25, 0.3) is 0 Å². The molecule has 1 aromatic rings. The molecule has 7 heteroatoms. The summed E-state index contributed by atoms with van der Waals surface area (Å²) in [6.07, 6.45) is 7.96. The molecule has 2 rings (SSSR count). The van der Waals surface area contributed by atoms with Gasteiger partial charge in [0.1, 0.15) is 5.82 Å². The molecule has 0 amide bonds. The fraction of sp³-hybridized carbons (Fsp3) is 0.684. The number of aliphatic imine (C=N–C) groups is 1. The van der Waals surface area contributed by atoms with Crippen molar-refractivity contribution in [2.24, 2.45) is 4.99 Å². The van der Waals surface area contributed by atoms with Gasteiger partial charge in [0.2, 0.25) is 0 Å². The zero-order valence-electron chi connectivity index (χ0n) is 16.3. The Hall–Kier alpha value is -1.09. The van der Waals surface area contributed by atoms with Crippen LogP contribution >= 0.6 is 24.0 Å². The summed E-state index contributed by atoms with van der Waals surface area (Å²) in [5.74, 6) is 1.76. The molecule has 26 heavy (non-hydrogen) atoms. The number of hydrogen-bond donors (Lipinski definition) is 2. The maximum Gasteiger partial charge on any atom is 0.191 e. The molecule has 0 bridgehead atoms. The van der Waals surface area contributed by atoms with Gasteiger partial charge in [0.15, 0.2) is 5.96 Å². The summed E-state index contributed by atoms with van der Waals surface area (Å²) >= 11 is 0. The minimum Gasteiger partial charge on any atom is -0.378 e. The maximum atomic E-state index is 5.95. The van der Waals surface area contributed by atoms with Crippen LogP contribution in [0.3, 0.4) is 0 Å². The van der Waals surface area contributed by atoms with Gasteiger partial charge in [0.05, 0.1) is 18.3 Å². The normalized spacial score (nSPS) is 15.3. The zero-order valence-corrected chi connectivity index (χ0v) is 18.7. The molecule has 148 valence electrons. The average molecular weight is 475 g/mol. The van der Waals surface area contributed by atoms with Crippen molar-refractivity contribution in [3.63, 3.8) is 0 Å². The van der Waals surface area contributed by atoms with E-state index in [2.05, 4.69) is 20.6 Å². The smallest absolute Gasteiger partial charge is 0.191 e. The zero-order chi connectivity index (χ0) is 17.9. The quantitative estimate of drug-likeness (QED) is 0.262. The minimum atomic E-state index is 0. The number of nitrogens with zero attached hydrogens (tertiary/aromatic N) is 3. The number of halogens is 1. The number of ether oxygens (including phenoxy) is 1. The lowest BCUT2D eigenvalue weighted by Gasteiger charge is -2.22. The standard InChI is InChI=1S/C19H33N5O.HI/c1-20-19(21-13-8-14-25-17-10-5-4-6-11-17)22-15-16-9-7-12-18(23-16)24(2)3;/h7,9,12,17H,4-6,8,10-11,13-15H2,1-3H3,(H2,20,21,22);1H. The second-order valence-electron chi connectivity index (χ2n) is 6.72. The topological polar surface area (TPSA) is 61.8 Å². The molecular formula is C19H34IN5O. The molecule has 2 N–H and O–H groups in total. The van der Waals surface area contributed by atoms with Crippen LogP contribution in [0.2, 0.25) is 0 Å². The Morgan fingerprint density at radius 1 is 1.23 bits per heavy atom. The van der Waals surface area contributed by atoms with Gasteiger partial charge in [0, 0.05) is 34.3 Å². The van der Waals surface area contributed by atoms with E-state index >= 15 is 0 Å². The van der Waals surface area contributed by atoms with Crippen molar-refractivity contribution >= 4 is 35.8 Å². The molecule has 1 aliphatic carbocycles. The largest absolute Gasteiger partial charge is 0.378 e. The molecule has 0 spiro atoms. The number of hydrogen-bond acceptors (Lipinski definition) is 4. The molecule has 0 aromatic carbocycles. The van der Waals surface area contributed by atoms with Crippen molar-refractivity contribution < 1.29 is 4.74 Å². The van der Waals surface area contributed by atoms with Crippen LogP contribution in [-0.4, -0.2) is 51.3 Å². The van der Waals surface area contributed by atoms with Crippen molar-refractivity contribution in [3.8, 4) is 0 Å². The Balaban J connectivity index is 0.00000338. The van der Waals surface area contributed by atoms with Gasteiger partial charge in [0.25, 0.3) is 0 Å². The Morgan fingerprint density at radius 3 is 2.69 bits per heavy atom. The molecule has 1 heterocycles. The van der Waals surface area contributed by atoms with E-state index in [1.807, 2.05) is 37.2 Å². The highest BCUT2D eigenvalue weighted by Crippen LogP contribution is 2.20. The third kappa shape index (κ3) is 8.53. The van der Waals surface area contributed by atoms with Crippen molar-refractivity contribution in [1.82, 2.24) is 15.6 Å². The van der Waals surface area contributed by atoms with E-state index in [4.69, 9.17) is 4.74 Å². The predicted molar refractivity (Wildman–Crippen MR) is 120 cm³/mol. The van der Waals surface area contributed by atoms with Gasteiger partial charge in [-0.15, -0.1) is 24.0 Å². The lowest BCUT2D eigenvalue weighted by atomic mass is 9.98. The van der Waals surface area contributed by atoms with E-state index in [0.29, 0.717) is 12.6 Å². The Morgan fingerprint density at radius 2 is 2.00 bits per heavy atom. The highest BCUT2D eigenvalue weighted by molar-refractivity contribution is 14.0. The van der Waals surface area contributed by atoms with E-state index in [0.717, 1.165) is 37.0 Å². The second kappa shape index (κ2) is 13.1. The van der Waals surface area contributed by atoms with E-state index in [1.165, 1.54) is 32.1 Å². The first-order valence-electron chi connectivity index (χ1n) is 9.38. The maximum absolute atomic E-state index is 5.95. The van der Waals surface area contributed by atoms with Crippen molar-refractivity contribution in [2.45, 2.75) is 51.2 Å². The summed E-state index contributed by atoms with van der Waals surface area (Å²) < 4.78 is 5.95. The van der Waals surface area contributed by atoms with Crippen LogP contribution in [0.15, 0.2) is 23.2 Å². The number of guanidine groups is 1. The number of nitrogens with one attached hydrogen (secondary N) is 2. The average Bonchev–Trinajstić information content (AvgIpc) is 2.65. The molecule has 0 unspecified atom stereocenters. The van der Waals surface area contributed by atoms with E-state index in [-0.39, 0.29) is 24.0 Å². The molecule has 1 aromatic heterocycles. The third-order valence-corrected chi connectivity index (χ3v) is 4.43. The summed E-state index contributed by atoms with van der Waals surface area (Å²) in [5, 5.41) is 6.64. The first-order valence-corrected chi connectivity index (χ1v) is 9.38. The molecule has 1 saturated carbocycles. The summed E-state index contributed by atoms with van der Waals surface area (Å²) in [5.41, 5.74) is 0.995. The highest BCUT2D eigenvalue weighted by atomic mass is 127. The fourth-order valence-electron chi connectivity index (χ4n) is 2.97. The Bertz CT molecular complexity index is 532. The minimum absolute atomic E-state index is 0. The van der Waals surface area contributed by atoms with E-state index in [9.17, 15) is 0 Å². The molecule has 0 radical (unpaired) electrons. The SMILES string of the molecule is CN=C(NCCCOC1CCCCC1)NCc1cccc(N(C)C)n1.I. The van der Waals surface area contributed by atoms with Crippen LogP contribution in [0.4, 0.5) is 5.82 Å².